The third-order valence-electron chi connectivity index (χ3n) is 1.95. The Balaban J connectivity index is 6.05. The van der Waals surface area contributed by atoms with Gasteiger partial charge in [-0.15, -0.1) is 23.6 Å². The van der Waals surface area contributed by atoms with Crippen LogP contribution in [0.1, 0.15) is 0 Å². The third-order valence-corrected chi connectivity index (χ3v) is 9.09. The van der Waals surface area contributed by atoms with Crippen LogP contribution in [0.3, 0.4) is 0 Å². The number of nitrogens with one attached hydrogen (secondary N) is 2. The first-order valence-corrected chi connectivity index (χ1v) is 10.2. The molecule has 0 heterocycles. The Morgan fingerprint density at radius 3 is 1.17 bits per heavy atom. The third kappa shape index (κ3) is 5.66. The molecule has 0 aromatic rings. The van der Waals surface area contributed by atoms with Crippen LogP contribution in [0, 0.1) is 0 Å². The molecule has 0 aliphatic rings. The van der Waals surface area contributed by atoms with E-state index in [0.717, 1.165) is 20.4 Å². The average Bonchev–Trinajstić information content (AvgIpc) is 2.24. The summed E-state index contributed by atoms with van der Waals surface area (Å²) < 4.78 is 121. The zero-order chi connectivity index (χ0) is 18.7. The van der Waals surface area contributed by atoms with Crippen molar-refractivity contribution in [2.75, 3.05) is 11.5 Å². The van der Waals surface area contributed by atoms with Crippen LogP contribution in [0.15, 0.2) is 25.3 Å². The van der Waals surface area contributed by atoms with Gasteiger partial charge >= 0.3 is 31.1 Å². The first kappa shape index (κ1) is 22.2. The molecule has 0 radical (unpaired) electrons. The molecule has 23 heavy (non-hydrogen) atoms. The van der Waals surface area contributed by atoms with Crippen LogP contribution in [0.25, 0.3) is 0 Å². The summed E-state index contributed by atoms with van der Waals surface area (Å²) in [5.41, 5.74) is -11.7. The molecule has 2 N–H and O–H groups in total. The molecule has 138 valence electrons. The Morgan fingerprint density at radius 1 is 0.739 bits per heavy atom. The fourth-order valence-electron chi connectivity index (χ4n) is 1.14. The fourth-order valence-corrected chi connectivity index (χ4v) is 7.73. The van der Waals surface area contributed by atoms with Gasteiger partial charge in [0.2, 0.25) is 0 Å². The van der Waals surface area contributed by atoms with Crippen LogP contribution in [-0.4, -0.2) is 39.4 Å². The molecule has 0 aromatic heterocycles. The molecule has 0 unspecified atom stereocenters. The Bertz CT molecular complexity index is 594. The van der Waals surface area contributed by atoms with E-state index in [1.807, 2.05) is 0 Å². The normalized spacial score (nSPS) is 15.2. The molecule has 0 bridgehead atoms. The molecule has 6 nitrogen and oxygen atoms in total. The summed E-state index contributed by atoms with van der Waals surface area (Å²) in [4.78, 5) is 0. The summed E-state index contributed by atoms with van der Waals surface area (Å²) in [6.45, 7) is 6.13. The highest BCUT2D eigenvalue weighted by Gasteiger charge is 2.53. The number of alkyl halides is 6. The van der Waals surface area contributed by atoms with Crippen molar-refractivity contribution in [2.45, 2.75) is 11.0 Å². The van der Waals surface area contributed by atoms with Crippen molar-refractivity contribution in [1.82, 2.24) is 8.25 Å². The first-order valence-electron chi connectivity index (χ1n) is 5.24. The maximum atomic E-state index is 12.4. The van der Waals surface area contributed by atoms with Gasteiger partial charge < -0.3 is 0 Å². The van der Waals surface area contributed by atoms with Gasteiger partial charge in [0.1, 0.15) is 0 Å². The van der Waals surface area contributed by atoms with E-state index < -0.39 is 53.0 Å². The monoisotopic (exact) mass is 410 g/mol. The number of sulfonamides is 2. The molecular formula is C8H12F6N2O4S3. The Hall–Kier alpha value is -0.770. The fraction of sp³-hybridized carbons (Fsp3) is 0.500. The van der Waals surface area contributed by atoms with Crippen molar-refractivity contribution in [3.05, 3.63) is 25.3 Å². The van der Waals surface area contributed by atoms with Gasteiger partial charge in [-0.25, -0.2) is 16.8 Å². The second kappa shape index (κ2) is 7.00. The Morgan fingerprint density at radius 2 is 1.00 bits per heavy atom. The smallest absolute Gasteiger partial charge is 0.202 e. The minimum Gasteiger partial charge on any atom is -0.202 e. The maximum Gasteiger partial charge on any atom is 0.512 e. The summed E-state index contributed by atoms with van der Waals surface area (Å²) >= 11 is 0. The lowest BCUT2D eigenvalue weighted by atomic mass is 10.8. The Kier molecular flexibility index (Phi) is 6.77. The quantitative estimate of drug-likeness (QED) is 0.472. The van der Waals surface area contributed by atoms with E-state index in [2.05, 4.69) is 13.2 Å². The summed E-state index contributed by atoms with van der Waals surface area (Å²) in [6, 6.07) is 0. The van der Waals surface area contributed by atoms with Crippen molar-refractivity contribution in [1.29, 1.82) is 0 Å². The van der Waals surface area contributed by atoms with E-state index in [-0.39, 0.29) is 0 Å². The van der Waals surface area contributed by atoms with Crippen molar-refractivity contribution in [2.24, 2.45) is 0 Å². The highest BCUT2D eigenvalue weighted by Crippen LogP contribution is 2.45. The zero-order valence-corrected chi connectivity index (χ0v) is 13.6. The van der Waals surface area contributed by atoms with Gasteiger partial charge in [-0.05, 0) is 0 Å². The van der Waals surface area contributed by atoms with E-state index in [1.165, 1.54) is 0 Å². The molecule has 0 atom stereocenters. The SMILES string of the molecule is C=CCS(CC=C)(NS(=O)(=O)C(F)(F)F)NS(=O)(=O)C(F)(F)F. The van der Waals surface area contributed by atoms with E-state index >= 15 is 0 Å². The summed E-state index contributed by atoms with van der Waals surface area (Å²) in [5.74, 6) is -1.66. The van der Waals surface area contributed by atoms with Crippen molar-refractivity contribution in [3.63, 3.8) is 0 Å². The molecule has 0 aliphatic carbocycles. The largest absolute Gasteiger partial charge is 0.512 e. The van der Waals surface area contributed by atoms with Crippen molar-refractivity contribution in [3.8, 4) is 0 Å². The molecule has 0 spiro atoms. The van der Waals surface area contributed by atoms with Gasteiger partial charge in [-0.2, -0.15) is 34.6 Å². The summed E-state index contributed by atoms with van der Waals surface area (Å²) in [6.07, 6.45) is 1.55. The lowest BCUT2D eigenvalue weighted by Gasteiger charge is -2.38. The van der Waals surface area contributed by atoms with Crippen molar-refractivity contribution >= 4 is 30.4 Å². The molecule has 0 saturated heterocycles. The molecule has 0 saturated carbocycles. The summed E-state index contributed by atoms with van der Waals surface area (Å²) in [7, 11) is -16.2. The topological polar surface area (TPSA) is 92.3 Å². The average molecular weight is 410 g/mol. The standard InChI is InChI=1S/C8H12F6N2O4S3/c1-3-5-21(6-4-2,15-22(17,18)7(9,10)11)16-23(19,20)8(12,13)14/h3-4,15-16H,1-2,5-6H2. The second-order valence-corrected chi connectivity index (χ2v) is 10.6. The van der Waals surface area contributed by atoms with E-state index in [0.29, 0.717) is 0 Å². The highest BCUT2D eigenvalue weighted by molar-refractivity contribution is 8.38. The lowest BCUT2D eigenvalue weighted by molar-refractivity contribution is -0.0443. The number of hydrogen-bond donors (Lipinski definition) is 2. The van der Waals surface area contributed by atoms with E-state index in [1.54, 1.807) is 0 Å². The van der Waals surface area contributed by atoms with E-state index in [9.17, 15) is 43.2 Å². The number of hydrogen-bond acceptors (Lipinski definition) is 4. The van der Waals surface area contributed by atoms with Gasteiger partial charge in [0.05, 0.1) is 0 Å². The second-order valence-electron chi connectivity index (χ2n) is 3.86. The van der Waals surface area contributed by atoms with Crippen LogP contribution in [0.5, 0.6) is 0 Å². The van der Waals surface area contributed by atoms with Gasteiger partial charge in [0.25, 0.3) is 0 Å². The molecule has 0 amide bonds. The minimum absolute atomic E-state index is 0.774. The maximum absolute atomic E-state index is 12.4. The predicted molar refractivity (Wildman–Crippen MR) is 73.9 cm³/mol. The molecule has 0 aliphatic heterocycles. The molecular weight excluding hydrogens is 398 g/mol. The van der Waals surface area contributed by atoms with Gasteiger partial charge in [-0.3, -0.25) is 0 Å². The number of halogens is 6. The molecule has 0 fully saturated rings. The predicted octanol–water partition coefficient (Wildman–Crippen LogP) is 1.87. The van der Waals surface area contributed by atoms with Crippen LogP contribution < -0.4 is 8.25 Å². The molecule has 0 aromatic carbocycles. The van der Waals surface area contributed by atoms with Gasteiger partial charge in [-0.1, -0.05) is 12.2 Å². The zero-order valence-electron chi connectivity index (χ0n) is 11.1. The van der Waals surface area contributed by atoms with E-state index in [4.69, 9.17) is 0 Å². The molecule has 15 heteroatoms. The van der Waals surface area contributed by atoms with Crippen LogP contribution in [0.4, 0.5) is 26.3 Å². The lowest BCUT2D eigenvalue weighted by Crippen LogP contribution is -2.49. The van der Waals surface area contributed by atoms with Crippen LogP contribution in [-0.2, 0) is 20.0 Å². The molecule has 0 rings (SSSR count). The highest BCUT2D eigenvalue weighted by atomic mass is 32.3. The van der Waals surface area contributed by atoms with Crippen LogP contribution in [0.2, 0.25) is 0 Å². The van der Waals surface area contributed by atoms with Gasteiger partial charge in [0.15, 0.2) is 0 Å². The minimum atomic E-state index is -6.12. The first-order chi connectivity index (χ1) is 10.0. The Labute approximate surface area is 130 Å². The summed E-state index contributed by atoms with van der Waals surface area (Å²) in [5, 5.41) is 0. The number of rotatable bonds is 8. The van der Waals surface area contributed by atoms with Gasteiger partial charge in [0, 0.05) is 11.5 Å². The van der Waals surface area contributed by atoms with Crippen LogP contribution >= 0.6 is 10.4 Å². The van der Waals surface area contributed by atoms with Crippen molar-refractivity contribution < 1.29 is 43.2 Å².